The van der Waals surface area contributed by atoms with Gasteiger partial charge in [-0.1, -0.05) is 29.5 Å². The fraction of sp³-hybridized carbons (Fsp3) is 0.318. The molecule has 1 aromatic heterocycles. The van der Waals surface area contributed by atoms with E-state index in [1.54, 1.807) is 49.4 Å². The van der Waals surface area contributed by atoms with Crippen LogP contribution in [-0.2, 0) is 25.9 Å². The molecule has 9 heteroatoms. The molecule has 0 aliphatic heterocycles. The maximum Gasteiger partial charge on any atom is 0.338 e. The third kappa shape index (κ3) is 5.48. The lowest BCUT2D eigenvalue weighted by Crippen LogP contribution is -2.16. The van der Waals surface area contributed by atoms with Gasteiger partial charge in [-0.2, -0.15) is 4.99 Å². The Balaban J connectivity index is 1.76. The molecule has 0 atom stereocenters. The fourth-order valence-electron chi connectivity index (χ4n) is 3.13. The van der Waals surface area contributed by atoms with Gasteiger partial charge in [0.05, 0.1) is 33.0 Å². The standard InChI is InChI=1S/C22H24N2O5S2/c1-3-24-18-13-12-16(21(26)29-4-2)15-19(18)30-22(24)23-20(25)11-8-14-31(27,28)17-9-6-5-7-10-17/h5-7,9-10,12-13,15H,3-4,8,11,14H2,1-2H3. The van der Waals surface area contributed by atoms with Crippen LogP contribution in [0.4, 0.5) is 0 Å². The van der Waals surface area contributed by atoms with E-state index >= 15 is 0 Å². The summed E-state index contributed by atoms with van der Waals surface area (Å²) in [5.74, 6) is -0.876. The van der Waals surface area contributed by atoms with Crippen LogP contribution in [0.1, 0.15) is 37.0 Å². The number of fused-ring (bicyclic) bond motifs is 1. The highest BCUT2D eigenvalue weighted by molar-refractivity contribution is 7.91. The minimum Gasteiger partial charge on any atom is -0.462 e. The molecule has 0 saturated heterocycles. The first-order chi connectivity index (χ1) is 14.9. The lowest BCUT2D eigenvalue weighted by molar-refractivity contribution is -0.118. The van der Waals surface area contributed by atoms with Gasteiger partial charge in [-0.3, -0.25) is 4.79 Å². The third-order valence-electron chi connectivity index (χ3n) is 4.64. The highest BCUT2D eigenvalue weighted by Gasteiger charge is 2.15. The van der Waals surface area contributed by atoms with Crippen LogP contribution in [0.25, 0.3) is 10.2 Å². The zero-order valence-electron chi connectivity index (χ0n) is 17.4. The van der Waals surface area contributed by atoms with Gasteiger partial charge in [-0.05, 0) is 50.6 Å². The Morgan fingerprint density at radius 2 is 1.84 bits per heavy atom. The van der Waals surface area contributed by atoms with Crippen LogP contribution in [0.2, 0.25) is 0 Å². The highest BCUT2D eigenvalue weighted by atomic mass is 32.2. The average molecular weight is 461 g/mol. The van der Waals surface area contributed by atoms with Crippen LogP contribution in [0.15, 0.2) is 58.4 Å². The van der Waals surface area contributed by atoms with Crippen LogP contribution in [0.5, 0.6) is 0 Å². The van der Waals surface area contributed by atoms with Crippen molar-refractivity contribution in [2.75, 3.05) is 12.4 Å². The zero-order chi connectivity index (χ0) is 22.4. The van der Waals surface area contributed by atoms with Crippen LogP contribution in [0, 0.1) is 0 Å². The summed E-state index contributed by atoms with van der Waals surface area (Å²) in [5, 5.41) is 0. The van der Waals surface area contributed by atoms with Crippen molar-refractivity contribution >= 4 is 43.3 Å². The van der Waals surface area contributed by atoms with Gasteiger partial charge >= 0.3 is 5.97 Å². The fourth-order valence-corrected chi connectivity index (χ4v) is 5.61. The maximum atomic E-state index is 12.4. The first-order valence-electron chi connectivity index (χ1n) is 10.0. The number of hydrogen-bond donors (Lipinski definition) is 0. The number of sulfone groups is 1. The number of ether oxygens (including phenoxy) is 1. The second-order valence-electron chi connectivity index (χ2n) is 6.77. The number of thiazole rings is 1. The maximum absolute atomic E-state index is 12.4. The normalized spacial score (nSPS) is 12.3. The van der Waals surface area contributed by atoms with Crippen molar-refractivity contribution in [3.8, 4) is 0 Å². The number of aromatic nitrogens is 1. The van der Waals surface area contributed by atoms with Gasteiger partial charge in [0.1, 0.15) is 0 Å². The van der Waals surface area contributed by atoms with E-state index in [2.05, 4.69) is 4.99 Å². The van der Waals surface area contributed by atoms with Crippen molar-refractivity contribution in [2.24, 2.45) is 4.99 Å². The smallest absolute Gasteiger partial charge is 0.338 e. The van der Waals surface area contributed by atoms with Gasteiger partial charge < -0.3 is 9.30 Å². The van der Waals surface area contributed by atoms with Gasteiger partial charge in [0.2, 0.25) is 5.91 Å². The van der Waals surface area contributed by atoms with Crippen LogP contribution >= 0.6 is 11.3 Å². The molecule has 0 aliphatic carbocycles. The van der Waals surface area contributed by atoms with Crippen molar-refractivity contribution in [2.45, 2.75) is 38.1 Å². The zero-order valence-corrected chi connectivity index (χ0v) is 19.0. The van der Waals surface area contributed by atoms with Crippen molar-refractivity contribution in [3.63, 3.8) is 0 Å². The molecule has 0 spiro atoms. The Hall–Kier alpha value is -2.78. The predicted octanol–water partition coefficient (Wildman–Crippen LogP) is 3.58. The predicted molar refractivity (Wildman–Crippen MR) is 120 cm³/mol. The molecular formula is C22H24N2O5S2. The summed E-state index contributed by atoms with van der Waals surface area (Å²) >= 11 is 1.31. The van der Waals surface area contributed by atoms with Crippen molar-refractivity contribution < 1.29 is 22.7 Å². The summed E-state index contributed by atoms with van der Waals surface area (Å²) in [6, 6.07) is 13.4. The molecule has 0 fully saturated rings. The number of amides is 1. The monoisotopic (exact) mass is 460 g/mol. The van der Waals surface area contributed by atoms with Crippen molar-refractivity contribution in [1.82, 2.24) is 4.57 Å². The van der Waals surface area contributed by atoms with E-state index < -0.39 is 15.8 Å². The Kier molecular flexibility index (Phi) is 7.40. The second-order valence-corrected chi connectivity index (χ2v) is 9.89. The SMILES string of the molecule is CCOC(=O)c1ccc2c(c1)sc(=NC(=O)CCCS(=O)(=O)c1ccccc1)n2CC. The summed E-state index contributed by atoms with van der Waals surface area (Å²) in [4.78, 5) is 29.4. The number of rotatable bonds is 8. The molecule has 0 radical (unpaired) electrons. The molecule has 0 aliphatic rings. The minimum absolute atomic E-state index is 0.0398. The van der Waals surface area contributed by atoms with Crippen LogP contribution in [-0.4, -0.2) is 37.2 Å². The number of benzene rings is 2. The second kappa shape index (κ2) is 10.0. The molecule has 0 unspecified atom stereocenters. The van der Waals surface area contributed by atoms with Gasteiger partial charge in [0, 0.05) is 13.0 Å². The van der Waals surface area contributed by atoms with E-state index in [0.717, 1.165) is 10.2 Å². The first-order valence-corrected chi connectivity index (χ1v) is 12.5. The van der Waals surface area contributed by atoms with E-state index in [-0.39, 0.29) is 29.4 Å². The molecule has 3 rings (SSSR count). The lowest BCUT2D eigenvalue weighted by Gasteiger charge is -2.03. The summed E-state index contributed by atoms with van der Waals surface area (Å²) in [7, 11) is -3.42. The lowest BCUT2D eigenvalue weighted by atomic mass is 10.2. The molecular weight excluding hydrogens is 436 g/mol. The van der Waals surface area contributed by atoms with Gasteiger partial charge in [0.15, 0.2) is 14.6 Å². The number of nitrogens with zero attached hydrogens (tertiary/aromatic N) is 2. The average Bonchev–Trinajstić information content (AvgIpc) is 3.10. The molecule has 31 heavy (non-hydrogen) atoms. The van der Waals surface area contributed by atoms with E-state index in [9.17, 15) is 18.0 Å². The van der Waals surface area contributed by atoms with Gasteiger partial charge in [-0.25, -0.2) is 13.2 Å². The largest absolute Gasteiger partial charge is 0.462 e. The van der Waals surface area contributed by atoms with Crippen molar-refractivity contribution in [1.29, 1.82) is 0 Å². The Morgan fingerprint density at radius 3 is 2.52 bits per heavy atom. The number of hydrogen-bond acceptors (Lipinski definition) is 6. The topological polar surface area (TPSA) is 94.8 Å². The van der Waals surface area contributed by atoms with Crippen molar-refractivity contribution in [3.05, 3.63) is 58.9 Å². The van der Waals surface area contributed by atoms with Gasteiger partial charge in [0.25, 0.3) is 0 Å². The van der Waals surface area contributed by atoms with E-state index in [4.69, 9.17) is 4.74 Å². The van der Waals surface area contributed by atoms with Crippen LogP contribution < -0.4 is 4.80 Å². The summed E-state index contributed by atoms with van der Waals surface area (Å²) < 4.78 is 32.4. The van der Waals surface area contributed by atoms with Crippen LogP contribution in [0.3, 0.4) is 0 Å². The first kappa shape index (κ1) is 22.9. The quantitative estimate of drug-likeness (QED) is 0.479. The molecule has 3 aromatic rings. The molecule has 0 saturated carbocycles. The van der Waals surface area contributed by atoms with E-state index in [1.807, 2.05) is 17.6 Å². The molecule has 0 N–H and O–H groups in total. The number of carbonyl (C=O) groups is 2. The Labute approximate surface area is 184 Å². The number of carbonyl (C=O) groups excluding carboxylic acids is 2. The third-order valence-corrected chi connectivity index (χ3v) is 7.49. The Bertz CT molecular complexity index is 1260. The van der Waals surface area contributed by atoms with Gasteiger partial charge in [-0.15, -0.1) is 0 Å². The molecule has 164 valence electrons. The molecule has 2 aromatic carbocycles. The minimum atomic E-state index is -3.42. The number of aryl methyl sites for hydroxylation is 1. The number of esters is 1. The molecule has 1 heterocycles. The summed E-state index contributed by atoms with van der Waals surface area (Å²) in [5.41, 5.74) is 1.32. The summed E-state index contributed by atoms with van der Waals surface area (Å²) in [6.07, 6.45) is 0.238. The Morgan fingerprint density at radius 1 is 1.10 bits per heavy atom. The summed E-state index contributed by atoms with van der Waals surface area (Å²) in [6.45, 7) is 4.60. The molecule has 1 amide bonds. The van der Waals surface area contributed by atoms with E-state index in [0.29, 0.717) is 23.5 Å². The molecule has 7 nitrogen and oxygen atoms in total. The highest BCUT2D eigenvalue weighted by Crippen LogP contribution is 2.20. The molecule has 0 bridgehead atoms. The van der Waals surface area contributed by atoms with E-state index in [1.165, 1.54) is 11.3 Å².